The Bertz CT molecular complexity index is 262. The summed E-state index contributed by atoms with van der Waals surface area (Å²) in [6.07, 6.45) is 7.45. The molecule has 0 radical (unpaired) electrons. The largest absolute Gasteiger partial charge is 0.481 e. The number of carbonyl (C=O) groups is 1. The third kappa shape index (κ3) is 3.07. The van der Waals surface area contributed by atoms with Gasteiger partial charge in [0.1, 0.15) is 0 Å². The summed E-state index contributed by atoms with van der Waals surface area (Å²) in [5, 5.41) is 9.88. The van der Waals surface area contributed by atoms with Crippen LogP contribution in [0.1, 0.15) is 72.6 Å². The van der Waals surface area contributed by atoms with Gasteiger partial charge in [0.25, 0.3) is 0 Å². The molecule has 18 heavy (non-hydrogen) atoms. The van der Waals surface area contributed by atoms with Crippen molar-refractivity contribution in [2.75, 3.05) is 0 Å². The van der Waals surface area contributed by atoms with Crippen molar-refractivity contribution >= 4 is 5.97 Å². The molecule has 1 rings (SSSR count). The van der Waals surface area contributed by atoms with Crippen LogP contribution in [0.4, 0.5) is 0 Å². The number of hydrogen-bond donors (Lipinski definition) is 1. The fraction of sp³-hybridized carbons (Fsp3) is 0.938. The van der Waals surface area contributed by atoms with E-state index >= 15 is 0 Å². The average molecular weight is 254 g/mol. The average Bonchev–Trinajstić information content (AvgIpc) is 2.55. The Labute approximate surface area is 112 Å². The minimum absolute atomic E-state index is 0.318. The van der Waals surface area contributed by atoms with Gasteiger partial charge in [-0.05, 0) is 30.6 Å². The molecule has 0 aromatic carbocycles. The monoisotopic (exact) mass is 254 g/mol. The number of aliphatic carboxylic acids is 1. The van der Waals surface area contributed by atoms with Gasteiger partial charge in [0.15, 0.2) is 0 Å². The molecule has 0 spiro atoms. The molecule has 1 fully saturated rings. The molecule has 0 bridgehead atoms. The van der Waals surface area contributed by atoms with E-state index in [0.29, 0.717) is 17.8 Å². The number of rotatable bonds is 5. The molecule has 0 aliphatic heterocycles. The third-order valence-electron chi connectivity index (χ3n) is 5.04. The molecule has 2 nitrogen and oxygen atoms in total. The van der Waals surface area contributed by atoms with E-state index in [4.69, 9.17) is 0 Å². The smallest absolute Gasteiger partial charge is 0.309 e. The lowest BCUT2D eigenvalue weighted by atomic mass is 9.61. The van der Waals surface area contributed by atoms with E-state index in [1.165, 1.54) is 12.8 Å². The van der Waals surface area contributed by atoms with E-state index in [1.54, 1.807) is 0 Å². The molecule has 1 saturated carbocycles. The van der Waals surface area contributed by atoms with Crippen LogP contribution in [0.25, 0.3) is 0 Å². The van der Waals surface area contributed by atoms with Crippen LogP contribution >= 0.6 is 0 Å². The normalized spacial score (nSPS) is 23.4. The maximum Gasteiger partial charge on any atom is 0.309 e. The molecule has 1 aliphatic carbocycles. The maximum atomic E-state index is 12.0. The molecule has 0 amide bonds. The van der Waals surface area contributed by atoms with Gasteiger partial charge < -0.3 is 5.11 Å². The summed E-state index contributed by atoms with van der Waals surface area (Å²) in [7, 11) is 0. The first-order valence-electron chi connectivity index (χ1n) is 7.69. The van der Waals surface area contributed by atoms with Crippen molar-refractivity contribution in [1.29, 1.82) is 0 Å². The Morgan fingerprint density at radius 3 is 1.94 bits per heavy atom. The zero-order chi connectivity index (χ0) is 13.8. The van der Waals surface area contributed by atoms with Crippen LogP contribution in [0.3, 0.4) is 0 Å². The molecule has 0 heterocycles. The lowest BCUT2D eigenvalue weighted by Crippen LogP contribution is -2.44. The highest BCUT2D eigenvalue weighted by atomic mass is 16.4. The van der Waals surface area contributed by atoms with Crippen LogP contribution in [0.15, 0.2) is 0 Å². The van der Waals surface area contributed by atoms with Gasteiger partial charge in [-0.25, -0.2) is 0 Å². The number of carboxylic acid groups (broad SMARTS) is 1. The van der Waals surface area contributed by atoms with Gasteiger partial charge in [0, 0.05) is 0 Å². The van der Waals surface area contributed by atoms with Gasteiger partial charge in [-0.2, -0.15) is 0 Å². The van der Waals surface area contributed by atoms with Crippen molar-refractivity contribution in [2.45, 2.75) is 72.6 Å². The third-order valence-corrected chi connectivity index (χ3v) is 5.04. The zero-order valence-corrected chi connectivity index (χ0v) is 12.5. The predicted octanol–water partition coefficient (Wildman–Crippen LogP) is 4.73. The van der Waals surface area contributed by atoms with Gasteiger partial charge in [-0.1, -0.05) is 59.8 Å². The van der Waals surface area contributed by atoms with Gasteiger partial charge >= 0.3 is 5.97 Å². The maximum absolute atomic E-state index is 12.0. The van der Waals surface area contributed by atoms with Crippen LogP contribution in [0.5, 0.6) is 0 Å². The SMILES string of the molecule is CCC(C)C(C(C)C)C1(C(=O)O)CCCCCC1. The summed E-state index contributed by atoms with van der Waals surface area (Å²) in [5.41, 5.74) is -0.458. The van der Waals surface area contributed by atoms with E-state index in [9.17, 15) is 9.90 Å². The molecule has 2 atom stereocenters. The summed E-state index contributed by atoms with van der Waals surface area (Å²) >= 11 is 0. The first-order chi connectivity index (χ1) is 8.45. The Hall–Kier alpha value is -0.530. The topological polar surface area (TPSA) is 37.3 Å². The first-order valence-corrected chi connectivity index (χ1v) is 7.69. The predicted molar refractivity (Wildman–Crippen MR) is 75.6 cm³/mol. The molecule has 1 aliphatic rings. The van der Waals surface area contributed by atoms with E-state index in [-0.39, 0.29) is 0 Å². The number of hydrogen-bond acceptors (Lipinski definition) is 1. The lowest BCUT2D eigenvalue weighted by Gasteiger charge is -2.42. The van der Waals surface area contributed by atoms with Crippen LogP contribution in [0.2, 0.25) is 0 Å². The fourth-order valence-electron chi connectivity index (χ4n) is 4.14. The molecule has 2 unspecified atom stereocenters. The van der Waals surface area contributed by atoms with Crippen molar-refractivity contribution < 1.29 is 9.90 Å². The Morgan fingerprint density at radius 1 is 1.11 bits per heavy atom. The van der Waals surface area contributed by atoms with Crippen molar-refractivity contribution in [1.82, 2.24) is 0 Å². The van der Waals surface area contributed by atoms with Crippen LogP contribution in [-0.2, 0) is 4.79 Å². The molecular weight excluding hydrogens is 224 g/mol. The molecule has 0 saturated heterocycles. The van der Waals surface area contributed by atoms with Crippen molar-refractivity contribution in [3.63, 3.8) is 0 Å². The van der Waals surface area contributed by atoms with Gasteiger partial charge in [-0.15, -0.1) is 0 Å². The minimum Gasteiger partial charge on any atom is -0.481 e. The van der Waals surface area contributed by atoms with Crippen molar-refractivity contribution in [3.05, 3.63) is 0 Å². The fourth-order valence-corrected chi connectivity index (χ4v) is 4.14. The van der Waals surface area contributed by atoms with Gasteiger partial charge in [-0.3, -0.25) is 4.79 Å². The molecule has 106 valence electrons. The quantitative estimate of drug-likeness (QED) is 0.720. The Morgan fingerprint density at radius 2 is 1.61 bits per heavy atom. The van der Waals surface area contributed by atoms with E-state index in [1.807, 2.05) is 0 Å². The van der Waals surface area contributed by atoms with E-state index in [0.717, 1.165) is 32.1 Å². The Balaban J connectivity index is 3.09. The summed E-state index contributed by atoms with van der Waals surface area (Å²) in [6, 6.07) is 0. The first kappa shape index (κ1) is 15.5. The lowest BCUT2D eigenvalue weighted by molar-refractivity contribution is -0.157. The second kappa shape index (κ2) is 6.58. The highest BCUT2D eigenvalue weighted by Crippen LogP contribution is 2.48. The standard InChI is InChI=1S/C16H30O2/c1-5-13(4)14(12(2)3)16(15(17)18)10-8-6-7-9-11-16/h12-14H,5-11H2,1-4H3,(H,17,18). The zero-order valence-electron chi connectivity index (χ0n) is 12.5. The second-order valence-electron chi connectivity index (χ2n) is 6.53. The van der Waals surface area contributed by atoms with Crippen molar-refractivity contribution in [2.24, 2.45) is 23.2 Å². The summed E-state index contributed by atoms with van der Waals surface area (Å²) in [6.45, 7) is 8.82. The van der Waals surface area contributed by atoms with Gasteiger partial charge in [0.2, 0.25) is 0 Å². The van der Waals surface area contributed by atoms with Gasteiger partial charge in [0.05, 0.1) is 5.41 Å². The highest BCUT2D eigenvalue weighted by molar-refractivity contribution is 5.75. The molecule has 0 aromatic rings. The molecule has 0 aromatic heterocycles. The highest BCUT2D eigenvalue weighted by Gasteiger charge is 2.48. The summed E-state index contributed by atoms with van der Waals surface area (Å²) < 4.78 is 0. The summed E-state index contributed by atoms with van der Waals surface area (Å²) in [4.78, 5) is 12.0. The minimum atomic E-state index is -0.539. The van der Waals surface area contributed by atoms with E-state index < -0.39 is 11.4 Å². The van der Waals surface area contributed by atoms with Crippen LogP contribution in [0, 0.1) is 23.2 Å². The van der Waals surface area contributed by atoms with E-state index in [2.05, 4.69) is 27.7 Å². The second-order valence-corrected chi connectivity index (χ2v) is 6.53. The van der Waals surface area contributed by atoms with Crippen LogP contribution in [-0.4, -0.2) is 11.1 Å². The Kier molecular flexibility index (Phi) is 5.68. The van der Waals surface area contributed by atoms with Crippen molar-refractivity contribution in [3.8, 4) is 0 Å². The molecule has 2 heteroatoms. The molecule has 1 N–H and O–H groups in total. The molecular formula is C16H30O2. The number of carboxylic acids is 1. The van der Waals surface area contributed by atoms with Crippen LogP contribution < -0.4 is 0 Å². The summed E-state index contributed by atoms with van der Waals surface area (Å²) in [5.74, 6) is 0.731.